The van der Waals surface area contributed by atoms with Crippen molar-refractivity contribution in [1.82, 2.24) is 10.6 Å². The maximum absolute atomic E-state index is 11.2. The summed E-state index contributed by atoms with van der Waals surface area (Å²) in [4.78, 5) is 11.2. The van der Waals surface area contributed by atoms with Crippen molar-refractivity contribution in [2.75, 3.05) is 20.3 Å². The number of hydrogen-bond acceptors (Lipinski definition) is 4. The molecule has 1 amide bonds. The Kier molecular flexibility index (Phi) is 5.87. The van der Waals surface area contributed by atoms with Crippen LogP contribution in [0.15, 0.2) is 18.2 Å². The van der Waals surface area contributed by atoms with Crippen LogP contribution in [0.1, 0.15) is 31.7 Å². The topological polar surface area (TPSA) is 59.6 Å². The highest BCUT2D eigenvalue weighted by atomic mass is 16.5. The highest BCUT2D eigenvalue weighted by molar-refractivity contribution is 5.75. The Balaban J connectivity index is 1.92. The predicted molar refractivity (Wildman–Crippen MR) is 81.7 cm³/mol. The Morgan fingerprint density at radius 2 is 2.10 bits per heavy atom. The quantitative estimate of drug-likeness (QED) is 0.729. The molecule has 5 nitrogen and oxygen atoms in total. The van der Waals surface area contributed by atoms with Crippen LogP contribution in [0.5, 0.6) is 11.5 Å². The van der Waals surface area contributed by atoms with Crippen LogP contribution < -0.4 is 20.1 Å². The van der Waals surface area contributed by atoms with Crippen molar-refractivity contribution < 1.29 is 14.3 Å². The fourth-order valence-electron chi connectivity index (χ4n) is 1.98. The lowest BCUT2D eigenvalue weighted by Gasteiger charge is -2.13. The van der Waals surface area contributed by atoms with Crippen molar-refractivity contribution in [1.29, 1.82) is 0 Å². The van der Waals surface area contributed by atoms with Gasteiger partial charge in [0.15, 0.2) is 11.5 Å². The van der Waals surface area contributed by atoms with Crippen LogP contribution in [0.3, 0.4) is 0 Å². The van der Waals surface area contributed by atoms with Gasteiger partial charge in [-0.1, -0.05) is 6.07 Å². The summed E-state index contributed by atoms with van der Waals surface area (Å²) in [6, 6.07) is 6.64. The summed E-state index contributed by atoms with van der Waals surface area (Å²) >= 11 is 0. The lowest BCUT2D eigenvalue weighted by molar-refractivity contribution is -0.121. The number of amides is 1. The van der Waals surface area contributed by atoms with E-state index < -0.39 is 0 Å². The van der Waals surface area contributed by atoms with E-state index in [0.717, 1.165) is 12.3 Å². The monoisotopic (exact) mass is 292 g/mol. The third-order valence-electron chi connectivity index (χ3n) is 3.35. The number of benzene rings is 1. The molecule has 0 radical (unpaired) electrons. The number of hydrogen-bond donors (Lipinski definition) is 2. The smallest absolute Gasteiger partial charge is 0.223 e. The minimum atomic E-state index is -0.0294. The number of carbonyl (C=O) groups is 1. The molecular weight excluding hydrogens is 268 g/mol. The van der Waals surface area contributed by atoms with Gasteiger partial charge in [0.1, 0.15) is 0 Å². The number of ether oxygens (including phenoxy) is 2. The summed E-state index contributed by atoms with van der Waals surface area (Å²) in [5.41, 5.74) is 1.18. The van der Waals surface area contributed by atoms with Gasteiger partial charge in [0.05, 0.1) is 19.6 Å². The summed E-state index contributed by atoms with van der Waals surface area (Å²) < 4.78 is 11.3. The Labute approximate surface area is 126 Å². The van der Waals surface area contributed by atoms with E-state index in [1.165, 1.54) is 18.4 Å². The standard InChI is InChI=1S/C16H24N2O3/c1-3-20-15-10-12(11-18-13-5-6-13)4-7-14(15)21-9-8-16(19)17-2/h4,7,10,13,18H,3,5-6,8-9,11H2,1-2H3,(H,17,19). The minimum absolute atomic E-state index is 0.0294. The van der Waals surface area contributed by atoms with Crippen molar-refractivity contribution in [3.8, 4) is 11.5 Å². The molecule has 0 saturated heterocycles. The van der Waals surface area contributed by atoms with Crippen molar-refractivity contribution in [2.24, 2.45) is 0 Å². The first-order chi connectivity index (χ1) is 10.2. The van der Waals surface area contributed by atoms with Gasteiger partial charge in [0.2, 0.25) is 5.91 Å². The fourth-order valence-corrected chi connectivity index (χ4v) is 1.98. The zero-order valence-electron chi connectivity index (χ0n) is 12.8. The SMILES string of the molecule is CCOc1cc(CNC2CC2)ccc1OCCC(=O)NC. The molecule has 0 heterocycles. The molecule has 1 saturated carbocycles. The van der Waals surface area contributed by atoms with Crippen LogP contribution in [-0.4, -0.2) is 32.2 Å². The van der Waals surface area contributed by atoms with Gasteiger partial charge in [-0.05, 0) is 37.5 Å². The Hall–Kier alpha value is -1.75. The molecule has 0 aromatic heterocycles. The van der Waals surface area contributed by atoms with Crippen LogP contribution in [0.4, 0.5) is 0 Å². The molecule has 21 heavy (non-hydrogen) atoms. The molecule has 1 aromatic carbocycles. The second-order valence-electron chi connectivity index (χ2n) is 5.14. The Morgan fingerprint density at radius 1 is 1.29 bits per heavy atom. The predicted octanol–water partition coefficient (Wildman–Crippen LogP) is 1.85. The van der Waals surface area contributed by atoms with E-state index in [1.54, 1.807) is 7.05 Å². The fraction of sp³-hybridized carbons (Fsp3) is 0.562. The van der Waals surface area contributed by atoms with E-state index in [0.29, 0.717) is 31.4 Å². The first-order valence-electron chi connectivity index (χ1n) is 7.55. The molecule has 5 heteroatoms. The van der Waals surface area contributed by atoms with E-state index in [9.17, 15) is 4.79 Å². The maximum Gasteiger partial charge on any atom is 0.223 e. The third kappa shape index (κ3) is 5.27. The molecule has 1 aromatic rings. The lowest BCUT2D eigenvalue weighted by Crippen LogP contribution is -2.20. The summed E-state index contributed by atoms with van der Waals surface area (Å²) in [6.07, 6.45) is 2.89. The normalized spacial score (nSPS) is 13.8. The zero-order chi connectivity index (χ0) is 15.1. The maximum atomic E-state index is 11.2. The third-order valence-corrected chi connectivity index (χ3v) is 3.35. The van der Waals surface area contributed by atoms with Crippen molar-refractivity contribution in [3.05, 3.63) is 23.8 Å². The number of nitrogens with one attached hydrogen (secondary N) is 2. The largest absolute Gasteiger partial charge is 0.490 e. The van der Waals surface area contributed by atoms with E-state index >= 15 is 0 Å². The van der Waals surface area contributed by atoms with Gasteiger partial charge >= 0.3 is 0 Å². The van der Waals surface area contributed by atoms with Gasteiger partial charge in [0.25, 0.3) is 0 Å². The van der Waals surface area contributed by atoms with E-state index in [4.69, 9.17) is 9.47 Å². The molecule has 0 spiro atoms. The molecular formula is C16H24N2O3. The molecule has 1 aliphatic carbocycles. The molecule has 0 aliphatic heterocycles. The van der Waals surface area contributed by atoms with Gasteiger partial charge in [-0.15, -0.1) is 0 Å². The van der Waals surface area contributed by atoms with Crippen LogP contribution >= 0.6 is 0 Å². The minimum Gasteiger partial charge on any atom is -0.490 e. The molecule has 0 unspecified atom stereocenters. The first kappa shape index (κ1) is 15.6. The van der Waals surface area contributed by atoms with E-state index in [2.05, 4.69) is 10.6 Å². The molecule has 1 aliphatic rings. The van der Waals surface area contributed by atoms with Crippen LogP contribution in [0.2, 0.25) is 0 Å². The average Bonchev–Trinajstić information content (AvgIpc) is 3.31. The average molecular weight is 292 g/mol. The molecule has 0 bridgehead atoms. The highest BCUT2D eigenvalue weighted by Crippen LogP contribution is 2.29. The molecule has 0 atom stereocenters. The lowest BCUT2D eigenvalue weighted by atomic mass is 10.2. The van der Waals surface area contributed by atoms with Gasteiger partial charge < -0.3 is 20.1 Å². The molecule has 2 rings (SSSR count). The Bertz CT molecular complexity index is 473. The van der Waals surface area contributed by atoms with Crippen LogP contribution in [0, 0.1) is 0 Å². The molecule has 2 N–H and O–H groups in total. The first-order valence-corrected chi connectivity index (χ1v) is 7.55. The second kappa shape index (κ2) is 7.88. The number of rotatable bonds is 9. The van der Waals surface area contributed by atoms with Gasteiger partial charge in [-0.3, -0.25) is 4.79 Å². The van der Waals surface area contributed by atoms with E-state index in [1.807, 2.05) is 25.1 Å². The summed E-state index contributed by atoms with van der Waals surface area (Å²) in [7, 11) is 1.62. The molecule has 1 fully saturated rings. The second-order valence-corrected chi connectivity index (χ2v) is 5.14. The summed E-state index contributed by atoms with van der Waals surface area (Å²) in [5, 5.41) is 6.05. The van der Waals surface area contributed by atoms with Crippen LogP contribution in [0.25, 0.3) is 0 Å². The van der Waals surface area contributed by atoms with Crippen LogP contribution in [-0.2, 0) is 11.3 Å². The highest BCUT2D eigenvalue weighted by Gasteiger charge is 2.20. The van der Waals surface area contributed by atoms with Crippen molar-refractivity contribution >= 4 is 5.91 Å². The van der Waals surface area contributed by atoms with Crippen molar-refractivity contribution in [3.63, 3.8) is 0 Å². The molecule has 116 valence electrons. The van der Waals surface area contributed by atoms with E-state index in [-0.39, 0.29) is 5.91 Å². The summed E-state index contributed by atoms with van der Waals surface area (Å²) in [6.45, 7) is 3.73. The summed E-state index contributed by atoms with van der Waals surface area (Å²) in [5.74, 6) is 1.40. The van der Waals surface area contributed by atoms with Crippen molar-refractivity contribution in [2.45, 2.75) is 38.8 Å². The Morgan fingerprint density at radius 3 is 2.76 bits per heavy atom. The number of carbonyl (C=O) groups excluding carboxylic acids is 1. The van der Waals surface area contributed by atoms with Gasteiger partial charge in [-0.2, -0.15) is 0 Å². The zero-order valence-corrected chi connectivity index (χ0v) is 12.8. The van der Waals surface area contributed by atoms with Gasteiger partial charge in [-0.25, -0.2) is 0 Å². The van der Waals surface area contributed by atoms with Gasteiger partial charge in [0, 0.05) is 19.6 Å².